The fourth-order valence-corrected chi connectivity index (χ4v) is 4.25. The summed E-state index contributed by atoms with van der Waals surface area (Å²) in [6, 6.07) is 18.7. The molecule has 4 aromatic rings. The largest absolute Gasteiger partial charge is 0.466 e. The average Bonchev–Trinajstić information content (AvgIpc) is 3.17. The topological polar surface area (TPSA) is 113 Å². The number of ether oxygens (including phenoxy) is 1. The van der Waals surface area contributed by atoms with Gasteiger partial charge in [0.15, 0.2) is 0 Å². The number of benzene rings is 3. The van der Waals surface area contributed by atoms with Crippen LogP contribution in [0.25, 0.3) is 21.8 Å². The highest BCUT2D eigenvalue weighted by Gasteiger charge is 2.18. The molecule has 0 aliphatic rings. The van der Waals surface area contributed by atoms with Gasteiger partial charge in [0.05, 0.1) is 23.7 Å². The number of aryl methyl sites for hydroxylation is 1. The molecule has 0 atom stereocenters. The summed E-state index contributed by atoms with van der Waals surface area (Å²) in [7, 11) is 0. The molecule has 37 heavy (non-hydrogen) atoms. The van der Waals surface area contributed by atoms with E-state index in [-0.39, 0.29) is 31.1 Å². The van der Waals surface area contributed by atoms with E-state index in [0.717, 1.165) is 32.9 Å². The van der Waals surface area contributed by atoms with Gasteiger partial charge in [0.25, 0.3) is 5.69 Å². The predicted molar refractivity (Wildman–Crippen MR) is 141 cm³/mol. The maximum Gasteiger partial charge on any atom is 0.331 e. The summed E-state index contributed by atoms with van der Waals surface area (Å²) < 4.78 is 7.13. The number of hydrogen-bond acceptors (Lipinski definition) is 7. The van der Waals surface area contributed by atoms with Crippen molar-refractivity contribution in [3.8, 4) is 0 Å². The van der Waals surface area contributed by atoms with Crippen LogP contribution in [0.2, 0.25) is 0 Å². The lowest BCUT2D eigenvalue weighted by Crippen LogP contribution is -2.10. The van der Waals surface area contributed by atoms with E-state index in [0.29, 0.717) is 17.8 Å². The third kappa shape index (κ3) is 5.83. The molecule has 0 unspecified atom stereocenters. The Morgan fingerprint density at radius 2 is 1.65 bits per heavy atom. The van der Waals surface area contributed by atoms with Crippen LogP contribution in [0.3, 0.4) is 0 Å². The summed E-state index contributed by atoms with van der Waals surface area (Å²) in [6.45, 7) is 5.84. The number of nitrogens with zero attached hydrogens (tertiary/aromatic N) is 3. The van der Waals surface area contributed by atoms with Crippen molar-refractivity contribution in [1.82, 2.24) is 4.57 Å². The molecule has 1 heterocycles. The number of nitro groups is 1. The minimum Gasteiger partial charge on any atom is -0.466 e. The quantitative estimate of drug-likeness (QED) is 0.0960. The molecule has 0 spiro atoms. The molecule has 0 amide bonds. The monoisotopic (exact) mass is 501 g/mol. The normalized spacial score (nSPS) is 11.6. The summed E-state index contributed by atoms with van der Waals surface area (Å²) in [6.07, 6.45) is 0.256. The van der Waals surface area contributed by atoms with E-state index in [4.69, 9.17) is 9.57 Å². The standard InChI is InChI=1S/C28H27N3O6/c1-4-36-28(33)14-11-25(29-37-19(3)32)21-9-12-26-23(15-21)24-16-22(31(34)35)10-13-27(24)30(26)17-20-7-5-18(2)6-8-20/h5-10,12-13,15-16H,4,11,14,17H2,1-3H3. The number of non-ortho nitro benzene ring substituents is 1. The summed E-state index contributed by atoms with van der Waals surface area (Å²) in [5.41, 5.74) is 5.02. The van der Waals surface area contributed by atoms with E-state index in [1.54, 1.807) is 19.1 Å². The second-order valence-corrected chi connectivity index (χ2v) is 8.69. The van der Waals surface area contributed by atoms with Crippen LogP contribution in [0.1, 0.15) is 43.4 Å². The van der Waals surface area contributed by atoms with Crippen molar-refractivity contribution in [2.24, 2.45) is 5.16 Å². The molecule has 9 heteroatoms. The first-order valence-electron chi connectivity index (χ1n) is 11.9. The Kier molecular flexibility index (Phi) is 7.62. The van der Waals surface area contributed by atoms with Gasteiger partial charge < -0.3 is 14.1 Å². The molecule has 3 aromatic carbocycles. The van der Waals surface area contributed by atoms with Crippen LogP contribution in [-0.4, -0.2) is 33.7 Å². The fourth-order valence-electron chi connectivity index (χ4n) is 4.25. The van der Waals surface area contributed by atoms with Gasteiger partial charge in [0.1, 0.15) is 0 Å². The highest BCUT2D eigenvalue weighted by molar-refractivity contribution is 6.12. The minimum atomic E-state index is -0.583. The van der Waals surface area contributed by atoms with E-state index in [2.05, 4.69) is 21.9 Å². The molecule has 4 rings (SSSR count). The van der Waals surface area contributed by atoms with Crippen molar-refractivity contribution in [2.45, 2.75) is 40.2 Å². The maximum atomic E-state index is 12.0. The number of rotatable bonds is 9. The van der Waals surface area contributed by atoms with Crippen LogP contribution in [-0.2, 0) is 25.7 Å². The Morgan fingerprint density at radius 3 is 2.30 bits per heavy atom. The van der Waals surface area contributed by atoms with Gasteiger partial charge in [0, 0.05) is 59.4 Å². The Balaban J connectivity index is 1.84. The van der Waals surface area contributed by atoms with Crippen LogP contribution >= 0.6 is 0 Å². The van der Waals surface area contributed by atoms with Crippen molar-refractivity contribution in [2.75, 3.05) is 6.61 Å². The van der Waals surface area contributed by atoms with Gasteiger partial charge in [-0.1, -0.05) is 41.1 Å². The van der Waals surface area contributed by atoms with Crippen LogP contribution in [0.5, 0.6) is 0 Å². The zero-order chi connectivity index (χ0) is 26.5. The Bertz CT molecular complexity index is 1520. The molecule has 0 saturated carbocycles. The van der Waals surface area contributed by atoms with Gasteiger partial charge in [0.2, 0.25) is 0 Å². The maximum absolute atomic E-state index is 12.0. The zero-order valence-corrected chi connectivity index (χ0v) is 20.9. The van der Waals surface area contributed by atoms with E-state index in [9.17, 15) is 19.7 Å². The molecule has 0 bridgehead atoms. The molecule has 0 N–H and O–H groups in total. The minimum absolute atomic E-state index is 0.0107. The van der Waals surface area contributed by atoms with Crippen LogP contribution < -0.4 is 0 Å². The molecular formula is C28H27N3O6. The first-order chi connectivity index (χ1) is 17.8. The van der Waals surface area contributed by atoms with E-state index < -0.39 is 10.9 Å². The molecule has 0 saturated heterocycles. The molecule has 0 fully saturated rings. The molecular weight excluding hydrogens is 474 g/mol. The number of aromatic nitrogens is 1. The Labute approximate surface area is 213 Å². The van der Waals surface area contributed by atoms with Crippen molar-refractivity contribution < 1.29 is 24.1 Å². The van der Waals surface area contributed by atoms with Crippen LogP contribution in [0.15, 0.2) is 65.8 Å². The van der Waals surface area contributed by atoms with Crippen molar-refractivity contribution >= 4 is 45.1 Å². The van der Waals surface area contributed by atoms with Gasteiger partial charge in [-0.15, -0.1) is 0 Å². The number of nitro benzene ring substituents is 1. The Morgan fingerprint density at radius 1 is 0.973 bits per heavy atom. The second kappa shape index (κ2) is 11.0. The third-order valence-electron chi connectivity index (χ3n) is 6.01. The van der Waals surface area contributed by atoms with Gasteiger partial charge in [-0.05, 0) is 37.6 Å². The number of fused-ring (bicyclic) bond motifs is 3. The number of carbonyl (C=O) groups excluding carboxylic acids is 2. The van der Waals surface area contributed by atoms with Crippen LogP contribution in [0, 0.1) is 17.0 Å². The highest BCUT2D eigenvalue weighted by Crippen LogP contribution is 2.33. The van der Waals surface area contributed by atoms with E-state index in [1.165, 1.54) is 13.0 Å². The number of esters is 1. The fraction of sp³-hybridized carbons (Fsp3) is 0.250. The van der Waals surface area contributed by atoms with Gasteiger partial charge in [-0.25, -0.2) is 4.79 Å². The molecule has 0 aliphatic carbocycles. The SMILES string of the molecule is CCOC(=O)CCC(=NOC(C)=O)c1ccc2c(c1)c1cc([N+](=O)[O-])ccc1n2Cc1ccc(C)cc1. The lowest BCUT2D eigenvalue weighted by molar-refractivity contribution is -0.384. The van der Waals surface area contributed by atoms with Crippen LogP contribution in [0.4, 0.5) is 5.69 Å². The summed E-state index contributed by atoms with van der Waals surface area (Å²) in [5, 5.41) is 17.0. The third-order valence-corrected chi connectivity index (χ3v) is 6.01. The Hall–Kier alpha value is -4.53. The highest BCUT2D eigenvalue weighted by atomic mass is 16.7. The van der Waals surface area contributed by atoms with Crippen molar-refractivity contribution in [3.05, 3.63) is 87.5 Å². The summed E-state index contributed by atoms with van der Waals surface area (Å²) in [4.78, 5) is 39.4. The number of hydrogen-bond donors (Lipinski definition) is 0. The predicted octanol–water partition coefficient (Wildman–Crippen LogP) is 5.67. The van der Waals surface area contributed by atoms with E-state index >= 15 is 0 Å². The van der Waals surface area contributed by atoms with Crippen molar-refractivity contribution in [3.63, 3.8) is 0 Å². The first-order valence-corrected chi connectivity index (χ1v) is 11.9. The van der Waals surface area contributed by atoms with Gasteiger partial charge >= 0.3 is 11.9 Å². The molecule has 0 radical (unpaired) electrons. The average molecular weight is 502 g/mol. The lowest BCUT2D eigenvalue weighted by Gasteiger charge is -2.10. The lowest BCUT2D eigenvalue weighted by atomic mass is 10.0. The molecule has 1 aromatic heterocycles. The molecule has 0 aliphatic heterocycles. The smallest absolute Gasteiger partial charge is 0.331 e. The van der Waals surface area contributed by atoms with E-state index in [1.807, 2.05) is 37.3 Å². The molecule has 9 nitrogen and oxygen atoms in total. The number of oxime groups is 1. The van der Waals surface area contributed by atoms with Crippen molar-refractivity contribution in [1.29, 1.82) is 0 Å². The van der Waals surface area contributed by atoms with Gasteiger partial charge in [-0.2, -0.15) is 0 Å². The number of carbonyl (C=O) groups is 2. The molecule has 190 valence electrons. The summed E-state index contributed by atoms with van der Waals surface area (Å²) >= 11 is 0. The zero-order valence-electron chi connectivity index (χ0n) is 20.9. The first kappa shape index (κ1) is 25.6. The van der Waals surface area contributed by atoms with Gasteiger partial charge in [-0.3, -0.25) is 14.9 Å². The summed E-state index contributed by atoms with van der Waals surface area (Å²) in [5.74, 6) is -0.968. The second-order valence-electron chi connectivity index (χ2n) is 8.69.